The summed E-state index contributed by atoms with van der Waals surface area (Å²) in [5.41, 5.74) is 7.74. The van der Waals surface area contributed by atoms with Gasteiger partial charge in [-0.3, -0.25) is 4.90 Å². The molecule has 1 unspecified atom stereocenters. The molecule has 1 atom stereocenters. The molecule has 3 fully saturated rings. The minimum absolute atomic E-state index is 0.0136. The highest BCUT2D eigenvalue weighted by atomic mass is 32.1. The number of aromatic nitrogens is 2. The predicted octanol–water partition coefficient (Wildman–Crippen LogP) is 5.56. The molecule has 3 aliphatic rings. The van der Waals surface area contributed by atoms with Crippen LogP contribution in [0.15, 0.2) is 30.3 Å². The van der Waals surface area contributed by atoms with Gasteiger partial charge in [0.1, 0.15) is 29.0 Å². The first-order valence-corrected chi connectivity index (χ1v) is 16.4. The molecular formula is C33H40FN7O2S. The number of nitrogen functional groups attached to an aromatic ring is 1. The standard InChI is InChI=1S/C31H34FN7O2S.C2H6/c1-40-17-19-16-38(14-11-35-19)29-22-8-7-21(20-5-2-6-24-25(20)23(15-33)28(34)42-24)26(32)27(22)36-30(37-29)41-18-31-9-3-12-39(31)13-4-10-31;1-2/h2,5-8,19,35H,3-4,9-14,16-18,34H2,1H3;1-2H3. The molecule has 2 aromatic carbocycles. The normalized spacial score (nSPS) is 19.5. The molecular weight excluding hydrogens is 577 g/mol. The summed E-state index contributed by atoms with van der Waals surface area (Å²) in [5.74, 6) is 0.193. The molecule has 2 aromatic heterocycles. The van der Waals surface area contributed by atoms with Crippen molar-refractivity contribution in [3.8, 4) is 23.2 Å². The molecule has 7 rings (SSSR count). The molecule has 3 saturated heterocycles. The van der Waals surface area contributed by atoms with Gasteiger partial charge in [-0.25, -0.2) is 4.39 Å². The van der Waals surface area contributed by atoms with Gasteiger partial charge in [-0.2, -0.15) is 15.2 Å². The molecule has 3 N–H and O–H groups in total. The lowest BCUT2D eigenvalue weighted by atomic mass is 9.95. The van der Waals surface area contributed by atoms with Crippen LogP contribution in [0, 0.1) is 17.1 Å². The fourth-order valence-corrected chi connectivity index (χ4v) is 8.08. The summed E-state index contributed by atoms with van der Waals surface area (Å²) >= 11 is 1.34. The van der Waals surface area contributed by atoms with E-state index in [1.54, 1.807) is 13.2 Å². The van der Waals surface area contributed by atoms with E-state index in [2.05, 4.69) is 21.2 Å². The third kappa shape index (κ3) is 5.34. The zero-order valence-electron chi connectivity index (χ0n) is 25.7. The third-order valence-electron chi connectivity index (χ3n) is 9.11. The number of ether oxygens (including phenoxy) is 2. The van der Waals surface area contributed by atoms with Crippen molar-refractivity contribution in [3.05, 3.63) is 41.7 Å². The van der Waals surface area contributed by atoms with Crippen LogP contribution in [-0.4, -0.2) is 79.5 Å². The molecule has 3 aliphatic heterocycles. The number of fused-ring (bicyclic) bond motifs is 3. The highest BCUT2D eigenvalue weighted by Gasteiger charge is 2.45. The number of thiophene rings is 1. The monoisotopic (exact) mass is 617 g/mol. The molecule has 0 bridgehead atoms. The number of hydrogen-bond donors (Lipinski definition) is 2. The van der Waals surface area contributed by atoms with Crippen molar-refractivity contribution < 1.29 is 13.9 Å². The summed E-state index contributed by atoms with van der Waals surface area (Å²) in [4.78, 5) is 14.3. The fourth-order valence-electron chi connectivity index (χ4n) is 7.13. The van der Waals surface area contributed by atoms with E-state index >= 15 is 4.39 Å². The van der Waals surface area contributed by atoms with Crippen LogP contribution in [0.25, 0.3) is 32.1 Å². The van der Waals surface area contributed by atoms with E-state index < -0.39 is 5.82 Å². The van der Waals surface area contributed by atoms with Crippen LogP contribution in [0.5, 0.6) is 6.01 Å². The van der Waals surface area contributed by atoms with Crippen LogP contribution < -0.4 is 20.7 Å². The number of piperazine rings is 1. The molecule has 0 saturated carbocycles. The van der Waals surface area contributed by atoms with Crippen LogP contribution >= 0.6 is 11.3 Å². The number of benzene rings is 2. The Morgan fingerprint density at radius 3 is 2.68 bits per heavy atom. The van der Waals surface area contributed by atoms with Gasteiger partial charge in [-0.05, 0) is 56.5 Å². The van der Waals surface area contributed by atoms with Gasteiger partial charge in [0.2, 0.25) is 0 Å². The number of nitrogens with zero attached hydrogens (tertiary/aromatic N) is 5. The van der Waals surface area contributed by atoms with E-state index in [0.717, 1.165) is 50.0 Å². The summed E-state index contributed by atoms with van der Waals surface area (Å²) in [7, 11) is 1.69. The van der Waals surface area contributed by atoms with E-state index in [4.69, 9.17) is 25.2 Å². The Labute approximate surface area is 261 Å². The SMILES string of the molecule is CC.COCC1CN(c2nc(OCC34CCCN3CCC4)nc3c(F)c(-c4cccc5sc(N)c(C#N)c45)ccc23)CCN1. The van der Waals surface area contributed by atoms with Gasteiger partial charge in [-0.15, -0.1) is 11.3 Å². The lowest BCUT2D eigenvalue weighted by molar-refractivity contribution is 0.108. The van der Waals surface area contributed by atoms with Crippen LogP contribution in [0.3, 0.4) is 0 Å². The molecule has 0 amide bonds. The van der Waals surface area contributed by atoms with Gasteiger partial charge in [0.15, 0.2) is 5.82 Å². The highest BCUT2D eigenvalue weighted by molar-refractivity contribution is 7.23. The second kappa shape index (κ2) is 12.8. The van der Waals surface area contributed by atoms with Crippen LogP contribution in [0.1, 0.15) is 45.1 Å². The molecule has 4 aromatic rings. The fraction of sp³-hybridized carbons (Fsp3) is 0.485. The second-order valence-corrected chi connectivity index (χ2v) is 12.6. The first-order chi connectivity index (χ1) is 21.5. The number of anilines is 2. The van der Waals surface area contributed by atoms with Crippen molar-refractivity contribution in [1.29, 1.82) is 5.26 Å². The highest BCUT2D eigenvalue weighted by Crippen LogP contribution is 2.42. The number of methoxy groups -OCH3 is 1. The van der Waals surface area contributed by atoms with E-state index in [-0.39, 0.29) is 23.1 Å². The molecule has 5 heterocycles. The lowest BCUT2D eigenvalue weighted by Gasteiger charge is -2.35. The van der Waals surface area contributed by atoms with Crippen LogP contribution in [0.2, 0.25) is 0 Å². The van der Waals surface area contributed by atoms with E-state index in [1.807, 2.05) is 38.1 Å². The summed E-state index contributed by atoms with van der Waals surface area (Å²) in [5, 5.41) is 15.0. The smallest absolute Gasteiger partial charge is 0.319 e. The largest absolute Gasteiger partial charge is 0.461 e. The average Bonchev–Trinajstić information content (AvgIpc) is 3.73. The maximum atomic E-state index is 16.7. The zero-order chi connectivity index (χ0) is 30.8. The van der Waals surface area contributed by atoms with E-state index in [1.165, 1.54) is 11.3 Å². The molecule has 0 spiro atoms. The molecule has 44 heavy (non-hydrogen) atoms. The number of nitriles is 1. The summed E-state index contributed by atoms with van der Waals surface area (Å²) in [6.45, 7) is 9.38. The Morgan fingerprint density at radius 2 is 1.93 bits per heavy atom. The molecule has 11 heteroatoms. The number of rotatable bonds is 7. The van der Waals surface area contributed by atoms with Gasteiger partial charge in [0.25, 0.3) is 0 Å². The van der Waals surface area contributed by atoms with Gasteiger partial charge < -0.3 is 25.4 Å². The van der Waals surface area contributed by atoms with E-state index in [9.17, 15) is 5.26 Å². The number of hydrogen-bond acceptors (Lipinski definition) is 10. The first kappa shape index (κ1) is 30.5. The van der Waals surface area contributed by atoms with Crippen molar-refractivity contribution >= 4 is 43.1 Å². The minimum Gasteiger partial charge on any atom is -0.461 e. The maximum Gasteiger partial charge on any atom is 0.319 e. The number of nitrogens with one attached hydrogen (secondary N) is 1. The van der Waals surface area contributed by atoms with Crippen molar-refractivity contribution in [1.82, 2.24) is 20.2 Å². The first-order valence-electron chi connectivity index (χ1n) is 15.6. The predicted molar refractivity (Wildman–Crippen MR) is 175 cm³/mol. The quantitative estimate of drug-likeness (QED) is 0.275. The Hall–Kier alpha value is -3.56. The Bertz CT molecular complexity index is 1690. The molecule has 9 nitrogen and oxygen atoms in total. The van der Waals surface area contributed by atoms with Crippen molar-refractivity contribution in [2.45, 2.75) is 51.1 Å². The van der Waals surface area contributed by atoms with Gasteiger partial charge >= 0.3 is 6.01 Å². The summed E-state index contributed by atoms with van der Waals surface area (Å²) in [6, 6.07) is 11.8. The number of halogens is 1. The average molecular weight is 618 g/mol. The zero-order valence-corrected chi connectivity index (χ0v) is 26.5. The lowest BCUT2D eigenvalue weighted by Crippen LogP contribution is -2.53. The van der Waals surface area contributed by atoms with Crippen molar-refractivity contribution in [3.63, 3.8) is 0 Å². The maximum absolute atomic E-state index is 16.7. The van der Waals surface area contributed by atoms with Gasteiger partial charge in [-0.1, -0.05) is 32.0 Å². The minimum atomic E-state index is -0.466. The van der Waals surface area contributed by atoms with Gasteiger partial charge in [0, 0.05) is 53.8 Å². The molecule has 0 aliphatic carbocycles. The van der Waals surface area contributed by atoms with Gasteiger partial charge in [0.05, 0.1) is 17.7 Å². The molecule has 0 radical (unpaired) electrons. The summed E-state index contributed by atoms with van der Waals surface area (Å²) in [6.07, 6.45) is 4.52. The van der Waals surface area contributed by atoms with E-state index in [0.29, 0.717) is 64.6 Å². The van der Waals surface area contributed by atoms with Crippen molar-refractivity contribution in [2.24, 2.45) is 0 Å². The number of nitrogens with two attached hydrogens (primary N) is 1. The Kier molecular flexibility index (Phi) is 8.87. The molecule has 232 valence electrons. The Morgan fingerprint density at radius 1 is 1.14 bits per heavy atom. The van der Waals surface area contributed by atoms with Crippen molar-refractivity contribution in [2.75, 3.05) is 63.7 Å². The topological polar surface area (TPSA) is 113 Å². The van der Waals surface area contributed by atoms with Crippen LogP contribution in [0.4, 0.5) is 15.2 Å². The van der Waals surface area contributed by atoms with Crippen LogP contribution in [-0.2, 0) is 4.74 Å². The third-order valence-corrected chi connectivity index (χ3v) is 10.1. The Balaban J connectivity index is 0.00000168. The summed E-state index contributed by atoms with van der Waals surface area (Å²) < 4.78 is 29.3. The second-order valence-electron chi connectivity index (χ2n) is 11.5.